The summed E-state index contributed by atoms with van der Waals surface area (Å²) in [7, 11) is 0. The van der Waals surface area contributed by atoms with Gasteiger partial charge in [-0.25, -0.2) is 4.98 Å². The first-order valence-corrected chi connectivity index (χ1v) is 6.63. The van der Waals surface area contributed by atoms with Gasteiger partial charge < -0.3 is 4.42 Å². The highest BCUT2D eigenvalue weighted by Gasteiger charge is 2.23. The molecule has 0 amide bonds. The fourth-order valence-corrected chi connectivity index (χ4v) is 1.94. The van der Waals surface area contributed by atoms with E-state index in [1.165, 1.54) is 5.56 Å². The van der Waals surface area contributed by atoms with Crippen molar-refractivity contribution in [2.24, 2.45) is 0 Å². The smallest absolute Gasteiger partial charge is 0.200 e. The molecule has 1 aromatic heterocycles. The lowest BCUT2D eigenvalue weighted by molar-refractivity contribution is 0.378. The topological polar surface area (TPSA) is 26.0 Å². The number of hydrogen-bond donors (Lipinski definition) is 0. The van der Waals surface area contributed by atoms with E-state index in [0.29, 0.717) is 5.88 Å². The van der Waals surface area contributed by atoms with Gasteiger partial charge in [0, 0.05) is 11.8 Å². The second-order valence-corrected chi connectivity index (χ2v) is 5.70. The summed E-state index contributed by atoms with van der Waals surface area (Å²) < 4.78 is 5.76. The largest absolute Gasteiger partial charge is 0.444 e. The van der Waals surface area contributed by atoms with Crippen LogP contribution < -0.4 is 0 Å². The molecular weight excluding hydrogens is 246 g/mol. The molecule has 0 radical (unpaired) electrons. The Morgan fingerprint density at radius 3 is 2.39 bits per heavy atom. The molecule has 0 fully saturated rings. The van der Waals surface area contributed by atoms with Crippen molar-refractivity contribution in [2.45, 2.75) is 38.5 Å². The Bertz CT molecular complexity index is 511. The molecule has 0 N–H and O–H groups in total. The molecule has 0 saturated carbocycles. The number of halogens is 1. The van der Waals surface area contributed by atoms with E-state index in [1.54, 1.807) is 0 Å². The van der Waals surface area contributed by atoms with E-state index >= 15 is 0 Å². The predicted octanol–water partition coefficient (Wildman–Crippen LogP) is 4.30. The molecule has 0 aliphatic rings. The van der Waals surface area contributed by atoms with Crippen molar-refractivity contribution in [3.05, 3.63) is 53.2 Å². The van der Waals surface area contributed by atoms with Crippen molar-refractivity contribution in [2.75, 3.05) is 0 Å². The van der Waals surface area contributed by atoms with E-state index in [4.69, 9.17) is 16.0 Å². The highest BCUT2D eigenvalue weighted by atomic mass is 35.5. The summed E-state index contributed by atoms with van der Waals surface area (Å²) >= 11 is 5.93. The van der Waals surface area contributed by atoms with E-state index in [2.05, 4.69) is 37.9 Å². The molecule has 96 valence electrons. The fraction of sp³-hybridized carbons (Fsp3) is 0.400. The van der Waals surface area contributed by atoms with E-state index in [0.717, 1.165) is 23.8 Å². The van der Waals surface area contributed by atoms with Gasteiger partial charge in [-0.2, -0.15) is 0 Å². The van der Waals surface area contributed by atoms with Crippen molar-refractivity contribution < 1.29 is 4.42 Å². The summed E-state index contributed by atoms with van der Waals surface area (Å²) in [5.74, 6) is 1.90. The first kappa shape index (κ1) is 13.2. The molecule has 2 aromatic rings. The number of oxazole rings is 1. The molecule has 3 heteroatoms. The molecule has 0 saturated heterocycles. The van der Waals surface area contributed by atoms with Gasteiger partial charge >= 0.3 is 0 Å². The Balaban J connectivity index is 2.30. The molecule has 2 nitrogen and oxygen atoms in total. The molecule has 1 heterocycles. The van der Waals surface area contributed by atoms with Crippen LogP contribution in [0.2, 0.25) is 0 Å². The van der Waals surface area contributed by atoms with Crippen molar-refractivity contribution in [1.29, 1.82) is 0 Å². The lowest BCUT2D eigenvalue weighted by atomic mass is 9.97. The Hall–Kier alpha value is -1.28. The Morgan fingerprint density at radius 1 is 1.17 bits per heavy atom. The Kier molecular flexibility index (Phi) is 3.76. The average Bonchev–Trinajstić information content (AvgIpc) is 2.73. The molecule has 0 aliphatic carbocycles. The highest BCUT2D eigenvalue weighted by molar-refractivity contribution is 6.16. The number of alkyl halides is 1. The van der Waals surface area contributed by atoms with Gasteiger partial charge in [0.25, 0.3) is 0 Å². The maximum atomic E-state index is 5.93. The maximum Gasteiger partial charge on any atom is 0.200 e. The zero-order chi connectivity index (χ0) is 13.2. The van der Waals surface area contributed by atoms with E-state index in [-0.39, 0.29) is 5.41 Å². The maximum absolute atomic E-state index is 5.93. The molecule has 0 bridgehead atoms. The van der Waals surface area contributed by atoms with Crippen LogP contribution in [-0.2, 0) is 17.7 Å². The second-order valence-electron chi connectivity index (χ2n) is 5.43. The molecule has 2 rings (SSSR count). The third-order valence-corrected chi connectivity index (χ3v) is 3.00. The first-order chi connectivity index (χ1) is 8.50. The van der Waals surface area contributed by atoms with Crippen LogP contribution in [0.4, 0.5) is 0 Å². The minimum Gasteiger partial charge on any atom is -0.444 e. The molecule has 0 atom stereocenters. The summed E-state index contributed by atoms with van der Waals surface area (Å²) in [5, 5.41) is 0. The molecule has 18 heavy (non-hydrogen) atoms. The number of hydrogen-bond acceptors (Lipinski definition) is 2. The summed E-state index contributed by atoms with van der Waals surface area (Å²) in [6.07, 6.45) is 0.766. The zero-order valence-electron chi connectivity index (χ0n) is 11.0. The normalized spacial score (nSPS) is 11.8. The third-order valence-electron chi connectivity index (χ3n) is 2.76. The highest BCUT2D eigenvalue weighted by Crippen LogP contribution is 2.26. The minimum atomic E-state index is -0.0876. The van der Waals surface area contributed by atoms with Gasteiger partial charge in [-0.15, -0.1) is 11.6 Å². The van der Waals surface area contributed by atoms with Crippen molar-refractivity contribution in [1.82, 2.24) is 4.98 Å². The van der Waals surface area contributed by atoms with Crippen LogP contribution in [-0.4, -0.2) is 4.98 Å². The lowest BCUT2D eigenvalue weighted by Gasteiger charge is -2.11. The van der Waals surface area contributed by atoms with Crippen LogP contribution >= 0.6 is 11.6 Å². The van der Waals surface area contributed by atoms with Gasteiger partial charge in [-0.05, 0) is 5.56 Å². The van der Waals surface area contributed by atoms with Crippen molar-refractivity contribution >= 4 is 11.6 Å². The third kappa shape index (κ3) is 2.94. The summed E-state index contributed by atoms with van der Waals surface area (Å²) in [6, 6.07) is 10.2. The van der Waals surface area contributed by atoms with Crippen molar-refractivity contribution in [3.8, 4) is 0 Å². The number of rotatable bonds is 3. The summed E-state index contributed by atoms with van der Waals surface area (Å²) in [5.41, 5.74) is 2.08. The van der Waals surface area contributed by atoms with Crippen LogP contribution in [0, 0.1) is 0 Å². The number of nitrogens with zero attached hydrogens (tertiary/aromatic N) is 1. The summed E-state index contributed by atoms with van der Waals surface area (Å²) in [6.45, 7) is 6.26. The SMILES string of the molecule is CC(C)(C)c1nc(Cc2ccccc2)c(CCl)o1. The lowest BCUT2D eigenvalue weighted by Crippen LogP contribution is -2.11. The number of benzene rings is 1. The number of aromatic nitrogens is 1. The van der Waals surface area contributed by atoms with Crippen molar-refractivity contribution in [3.63, 3.8) is 0 Å². The molecule has 1 aromatic carbocycles. The van der Waals surface area contributed by atoms with E-state index in [1.807, 2.05) is 18.2 Å². The quantitative estimate of drug-likeness (QED) is 0.772. The van der Waals surface area contributed by atoms with E-state index < -0.39 is 0 Å². The monoisotopic (exact) mass is 263 g/mol. The standard InChI is InChI=1S/C15H18ClNO/c1-15(2,3)14-17-12(13(10-16)18-14)9-11-7-5-4-6-8-11/h4-8H,9-10H2,1-3H3. The first-order valence-electron chi connectivity index (χ1n) is 6.09. The molecule has 0 unspecified atom stereocenters. The molecule has 0 spiro atoms. The van der Waals surface area contributed by atoms with Crippen LogP contribution in [0.15, 0.2) is 34.7 Å². The van der Waals surface area contributed by atoms with Gasteiger partial charge in [0.2, 0.25) is 0 Å². The zero-order valence-corrected chi connectivity index (χ0v) is 11.8. The predicted molar refractivity (Wildman–Crippen MR) is 74.0 cm³/mol. The van der Waals surface area contributed by atoms with Gasteiger partial charge in [-0.3, -0.25) is 0 Å². The van der Waals surface area contributed by atoms with E-state index in [9.17, 15) is 0 Å². The van der Waals surface area contributed by atoms with Gasteiger partial charge in [0.1, 0.15) is 5.76 Å². The Morgan fingerprint density at radius 2 is 1.83 bits per heavy atom. The second kappa shape index (κ2) is 5.15. The summed E-state index contributed by atoms with van der Waals surface area (Å²) in [4.78, 5) is 4.60. The van der Waals surface area contributed by atoms with Gasteiger partial charge in [-0.1, -0.05) is 51.1 Å². The average molecular weight is 264 g/mol. The Labute approximate surface area is 113 Å². The molecular formula is C15H18ClNO. The van der Waals surface area contributed by atoms with Crippen LogP contribution in [0.3, 0.4) is 0 Å². The minimum absolute atomic E-state index is 0.0876. The van der Waals surface area contributed by atoms with Crippen LogP contribution in [0.25, 0.3) is 0 Å². The van der Waals surface area contributed by atoms with Crippen LogP contribution in [0.5, 0.6) is 0 Å². The molecule has 0 aliphatic heterocycles. The van der Waals surface area contributed by atoms with Gasteiger partial charge in [0.05, 0.1) is 11.6 Å². The van der Waals surface area contributed by atoms with Gasteiger partial charge in [0.15, 0.2) is 5.89 Å². The van der Waals surface area contributed by atoms with Crippen LogP contribution in [0.1, 0.15) is 43.7 Å². The fourth-order valence-electron chi connectivity index (χ4n) is 1.74.